The molecule has 3 rings (SSSR count). The lowest BCUT2D eigenvalue weighted by atomic mass is 9.88. The van der Waals surface area contributed by atoms with Crippen LogP contribution in [0.15, 0.2) is 28.7 Å². The van der Waals surface area contributed by atoms with E-state index in [0.29, 0.717) is 30.5 Å². The second-order valence-corrected chi connectivity index (χ2v) is 7.93. The lowest BCUT2D eigenvalue weighted by molar-refractivity contribution is -0.124. The maximum atomic E-state index is 12.7. The standard InChI is InChI=1S/C16H17N3O4S/c1-24(21,22)19-8-4-5-11(10-19)15(20)12(9-17)16-18-13-6-2-3-7-14(13)23-16/h2-3,6-7,11-12H,4-5,8,10H2,1H3/t11-,12-/m0/s1. The number of benzene rings is 1. The number of sulfonamides is 1. The molecular weight excluding hydrogens is 330 g/mol. The molecule has 8 heteroatoms. The average Bonchev–Trinajstić information content (AvgIpc) is 2.98. The first-order valence-corrected chi connectivity index (χ1v) is 9.49. The predicted molar refractivity (Wildman–Crippen MR) is 86.5 cm³/mol. The van der Waals surface area contributed by atoms with E-state index in [2.05, 4.69) is 4.98 Å². The van der Waals surface area contributed by atoms with Gasteiger partial charge in [-0.2, -0.15) is 5.26 Å². The second kappa shape index (κ2) is 6.34. The molecule has 126 valence electrons. The van der Waals surface area contributed by atoms with Gasteiger partial charge in [0.25, 0.3) is 0 Å². The van der Waals surface area contributed by atoms with E-state index in [9.17, 15) is 18.5 Å². The Balaban J connectivity index is 1.85. The largest absolute Gasteiger partial charge is 0.439 e. The summed E-state index contributed by atoms with van der Waals surface area (Å²) in [4.78, 5) is 17.0. The van der Waals surface area contributed by atoms with E-state index in [1.54, 1.807) is 24.3 Å². The third-order valence-electron chi connectivity index (χ3n) is 4.23. The van der Waals surface area contributed by atoms with Crippen molar-refractivity contribution in [2.24, 2.45) is 5.92 Å². The number of nitriles is 1. The van der Waals surface area contributed by atoms with Gasteiger partial charge in [-0.15, -0.1) is 0 Å². The van der Waals surface area contributed by atoms with Crippen molar-refractivity contribution in [3.8, 4) is 6.07 Å². The highest BCUT2D eigenvalue weighted by Gasteiger charge is 2.36. The van der Waals surface area contributed by atoms with Gasteiger partial charge in [0.2, 0.25) is 15.9 Å². The Morgan fingerprint density at radius 1 is 1.46 bits per heavy atom. The van der Waals surface area contributed by atoms with E-state index >= 15 is 0 Å². The number of piperidine rings is 1. The molecule has 24 heavy (non-hydrogen) atoms. The molecule has 0 aliphatic carbocycles. The molecule has 0 saturated carbocycles. The molecule has 0 bridgehead atoms. The van der Waals surface area contributed by atoms with Crippen molar-refractivity contribution in [2.45, 2.75) is 18.8 Å². The number of nitrogens with zero attached hydrogens (tertiary/aromatic N) is 3. The fourth-order valence-electron chi connectivity index (χ4n) is 2.97. The van der Waals surface area contributed by atoms with Crippen LogP contribution < -0.4 is 0 Å². The Kier molecular flexibility index (Phi) is 4.39. The minimum absolute atomic E-state index is 0.0696. The van der Waals surface area contributed by atoms with Crippen molar-refractivity contribution in [3.05, 3.63) is 30.2 Å². The Morgan fingerprint density at radius 2 is 2.21 bits per heavy atom. The van der Waals surface area contributed by atoms with Gasteiger partial charge in [0, 0.05) is 19.0 Å². The maximum absolute atomic E-state index is 12.7. The van der Waals surface area contributed by atoms with Crippen LogP contribution in [-0.2, 0) is 14.8 Å². The highest BCUT2D eigenvalue weighted by atomic mass is 32.2. The Bertz CT molecular complexity index is 880. The van der Waals surface area contributed by atoms with Crippen molar-refractivity contribution in [1.29, 1.82) is 5.26 Å². The van der Waals surface area contributed by atoms with Crippen molar-refractivity contribution in [1.82, 2.24) is 9.29 Å². The van der Waals surface area contributed by atoms with Crippen LogP contribution in [0.2, 0.25) is 0 Å². The van der Waals surface area contributed by atoms with Gasteiger partial charge in [-0.05, 0) is 25.0 Å². The third-order valence-corrected chi connectivity index (χ3v) is 5.50. The minimum atomic E-state index is -3.35. The van der Waals surface area contributed by atoms with Gasteiger partial charge in [0.15, 0.2) is 17.3 Å². The van der Waals surface area contributed by atoms with Gasteiger partial charge in [0.1, 0.15) is 5.52 Å². The van der Waals surface area contributed by atoms with Crippen LogP contribution in [0, 0.1) is 17.2 Å². The van der Waals surface area contributed by atoms with Gasteiger partial charge >= 0.3 is 0 Å². The number of aromatic nitrogens is 1. The molecule has 0 amide bonds. The zero-order valence-corrected chi connectivity index (χ0v) is 14.0. The summed E-state index contributed by atoms with van der Waals surface area (Å²) in [5.74, 6) is -1.91. The number of rotatable bonds is 4. The fourth-order valence-corrected chi connectivity index (χ4v) is 3.88. The zero-order valence-electron chi connectivity index (χ0n) is 13.2. The molecule has 1 saturated heterocycles. The monoisotopic (exact) mass is 347 g/mol. The Hall–Kier alpha value is -2.24. The number of ketones is 1. The summed E-state index contributed by atoms with van der Waals surface area (Å²) in [5.41, 5.74) is 1.10. The Labute approximate surface area is 139 Å². The van der Waals surface area contributed by atoms with E-state index in [1.165, 1.54) is 4.31 Å². The minimum Gasteiger partial charge on any atom is -0.439 e. The van der Waals surface area contributed by atoms with Crippen LogP contribution in [0.3, 0.4) is 0 Å². The number of para-hydroxylation sites is 2. The number of carbonyl (C=O) groups is 1. The zero-order chi connectivity index (χ0) is 17.3. The van der Waals surface area contributed by atoms with Crippen LogP contribution in [-0.4, -0.2) is 42.8 Å². The lowest BCUT2D eigenvalue weighted by Gasteiger charge is -2.30. The van der Waals surface area contributed by atoms with Crippen LogP contribution in [0.1, 0.15) is 24.7 Å². The molecule has 7 nitrogen and oxygen atoms in total. The first-order valence-electron chi connectivity index (χ1n) is 7.64. The molecule has 1 aromatic carbocycles. The Morgan fingerprint density at radius 3 is 2.88 bits per heavy atom. The predicted octanol–water partition coefficient (Wildman–Crippen LogP) is 1.68. The number of fused-ring (bicyclic) bond motifs is 1. The summed E-state index contributed by atoms with van der Waals surface area (Å²) >= 11 is 0. The molecule has 2 aromatic rings. The molecule has 1 fully saturated rings. The molecule has 0 unspecified atom stereocenters. The summed E-state index contributed by atoms with van der Waals surface area (Å²) in [6.07, 6.45) is 2.28. The normalized spacial score (nSPS) is 20.6. The van der Waals surface area contributed by atoms with Gasteiger partial charge < -0.3 is 4.42 Å². The van der Waals surface area contributed by atoms with Gasteiger partial charge in [-0.3, -0.25) is 4.79 Å². The molecule has 1 aromatic heterocycles. The van der Waals surface area contributed by atoms with Crippen LogP contribution in [0.25, 0.3) is 11.1 Å². The lowest BCUT2D eigenvalue weighted by Crippen LogP contribution is -2.42. The SMILES string of the molecule is CS(=O)(=O)N1CCC[C@H](C(=O)[C@H](C#N)c2nc3ccccc3o2)C1. The van der Waals surface area contributed by atoms with E-state index in [1.807, 2.05) is 6.07 Å². The van der Waals surface area contributed by atoms with Gasteiger partial charge in [-0.1, -0.05) is 12.1 Å². The summed E-state index contributed by atoms with van der Waals surface area (Å²) in [5, 5.41) is 9.43. The maximum Gasteiger partial charge on any atom is 0.220 e. The van der Waals surface area contributed by atoms with E-state index in [4.69, 9.17) is 4.42 Å². The number of hydrogen-bond donors (Lipinski definition) is 0. The van der Waals surface area contributed by atoms with Crippen LogP contribution in [0.4, 0.5) is 0 Å². The number of hydrogen-bond acceptors (Lipinski definition) is 6. The first-order chi connectivity index (χ1) is 11.4. The fraction of sp³-hybridized carbons (Fsp3) is 0.438. The van der Waals surface area contributed by atoms with Crippen molar-refractivity contribution in [2.75, 3.05) is 19.3 Å². The molecule has 0 spiro atoms. The summed E-state index contributed by atoms with van der Waals surface area (Å²) in [6.45, 7) is 0.513. The number of carbonyl (C=O) groups excluding carboxylic acids is 1. The van der Waals surface area contributed by atoms with Gasteiger partial charge in [-0.25, -0.2) is 17.7 Å². The first kappa shape index (κ1) is 16.6. The van der Waals surface area contributed by atoms with E-state index < -0.39 is 21.9 Å². The summed E-state index contributed by atoms with van der Waals surface area (Å²) in [6, 6.07) is 9.00. The number of Topliss-reactive ketones (excluding diaryl/α,β-unsaturated/α-hetero) is 1. The highest BCUT2D eigenvalue weighted by molar-refractivity contribution is 7.88. The van der Waals surface area contributed by atoms with Crippen LogP contribution >= 0.6 is 0 Å². The number of oxazole rings is 1. The molecule has 0 radical (unpaired) electrons. The third kappa shape index (κ3) is 3.18. The quantitative estimate of drug-likeness (QED) is 0.833. The molecular formula is C16H17N3O4S. The smallest absolute Gasteiger partial charge is 0.220 e. The molecule has 0 N–H and O–H groups in total. The van der Waals surface area contributed by atoms with Crippen LogP contribution in [0.5, 0.6) is 0 Å². The van der Waals surface area contributed by atoms with E-state index in [-0.39, 0.29) is 18.2 Å². The second-order valence-electron chi connectivity index (χ2n) is 5.94. The summed E-state index contributed by atoms with van der Waals surface area (Å²) < 4.78 is 30.2. The molecule has 2 heterocycles. The molecule has 1 aliphatic heterocycles. The topological polar surface area (TPSA) is 104 Å². The summed E-state index contributed by atoms with van der Waals surface area (Å²) in [7, 11) is -3.35. The molecule has 1 aliphatic rings. The van der Waals surface area contributed by atoms with Crippen molar-refractivity contribution >= 4 is 26.9 Å². The average molecular weight is 347 g/mol. The van der Waals surface area contributed by atoms with E-state index in [0.717, 1.165) is 6.26 Å². The van der Waals surface area contributed by atoms with Crippen molar-refractivity contribution in [3.63, 3.8) is 0 Å². The van der Waals surface area contributed by atoms with Crippen molar-refractivity contribution < 1.29 is 17.6 Å². The highest BCUT2D eigenvalue weighted by Crippen LogP contribution is 2.28. The van der Waals surface area contributed by atoms with Gasteiger partial charge in [0.05, 0.1) is 12.3 Å². The molecule has 2 atom stereocenters.